The Balaban J connectivity index is 0.000000230. The zero-order valence-corrected chi connectivity index (χ0v) is 24.0. The molecule has 4 rings (SSSR count). The van der Waals surface area contributed by atoms with Gasteiger partial charge in [-0.25, -0.2) is 0 Å². The van der Waals surface area contributed by atoms with Crippen LogP contribution in [0.2, 0.25) is 0 Å². The van der Waals surface area contributed by atoms with Gasteiger partial charge in [0.1, 0.15) is 6.10 Å². The Morgan fingerprint density at radius 2 is 1.12 bits per heavy atom. The van der Waals surface area contributed by atoms with E-state index in [-0.39, 0.29) is 24.7 Å². The molecular weight excluding hydrogens is 544 g/mol. The summed E-state index contributed by atoms with van der Waals surface area (Å²) in [7, 11) is 0. The number of hydrogen-bond donors (Lipinski definition) is 3. The van der Waals surface area contributed by atoms with E-state index in [1.165, 1.54) is 0 Å². The van der Waals surface area contributed by atoms with Crippen molar-refractivity contribution in [1.29, 1.82) is 0 Å². The first-order valence-corrected chi connectivity index (χ1v) is 13.9. The molecule has 6 unspecified atom stereocenters. The first-order chi connectivity index (χ1) is 20.3. The average molecular weight is 585 g/mol. The van der Waals surface area contributed by atoms with Crippen LogP contribution in [0.25, 0.3) is 20.9 Å². The molecule has 42 heavy (non-hydrogen) atoms. The molecule has 2 fully saturated rings. The minimum absolute atomic E-state index is 0.157. The van der Waals surface area contributed by atoms with Crippen LogP contribution in [0.4, 0.5) is 0 Å². The van der Waals surface area contributed by atoms with Gasteiger partial charge in [-0.05, 0) is 40.9 Å². The number of nitrogens with zero attached hydrogens (tertiary/aromatic N) is 6. The molecule has 0 bridgehead atoms. The summed E-state index contributed by atoms with van der Waals surface area (Å²) in [6.07, 6.45) is -4.22. The van der Waals surface area contributed by atoms with Crippen molar-refractivity contribution in [3.05, 3.63) is 92.7 Å². The highest BCUT2D eigenvalue weighted by atomic mass is 16.6. The van der Waals surface area contributed by atoms with Crippen molar-refractivity contribution in [3.8, 4) is 0 Å². The van der Waals surface area contributed by atoms with Gasteiger partial charge in [0.2, 0.25) is 0 Å². The fourth-order valence-corrected chi connectivity index (χ4v) is 5.03. The minimum atomic E-state index is -1.30. The molecule has 0 amide bonds. The van der Waals surface area contributed by atoms with Gasteiger partial charge in [-0.2, -0.15) is 0 Å². The van der Waals surface area contributed by atoms with Gasteiger partial charge in [0.25, 0.3) is 0 Å². The molecule has 2 aromatic carbocycles. The van der Waals surface area contributed by atoms with Gasteiger partial charge in [0, 0.05) is 9.82 Å². The Labute approximate surface area is 245 Å². The van der Waals surface area contributed by atoms with E-state index in [1.54, 1.807) is 6.92 Å². The Morgan fingerprint density at radius 3 is 1.57 bits per heavy atom. The monoisotopic (exact) mass is 584 g/mol. The fourth-order valence-electron chi connectivity index (χ4n) is 5.03. The minimum Gasteiger partial charge on any atom is -0.390 e. The number of ether oxygens (including phenoxy) is 4. The van der Waals surface area contributed by atoms with E-state index in [2.05, 4.69) is 20.1 Å². The summed E-state index contributed by atoms with van der Waals surface area (Å²) in [5.74, 6) is -0.565. The van der Waals surface area contributed by atoms with Crippen LogP contribution in [-0.2, 0) is 32.2 Å². The number of aliphatic hydroxyl groups is 3. The van der Waals surface area contributed by atoms with Crippen LogP contribution >= 0.6 is 0 Å². The summed E-state index contributed by atoms with van der Waals surface area (Å²) >= 11 is 0. The predicted octanol–water partition coefficient (Wildman–Crippen LogP) is 4.26. The van der Waals surface area contributed by atoms with E-state index in [0.29, 0.717) is 19.8 Å². The van der Waals surface area contributed by atoms with Crippen molar-refractivity contribution in [1.82, 2.24) is 0 Å². The van der Waals surface area contributed by atoms with Crippen molar-refractivity contribution < 1.29 is 34.3 Å². The highest BCUT2D eigenvalue weighted by molar-refractivity contribution is 5.14. The topological polar surface area (TPSA) is 195 Å². The summed E-state index contributed by atoms with van der Waals surface area (Å²) in [5.41, 5.74) is 19.4. The lowest BCUT2D eigenvalue weighted by Gasteiger charge is -2.40. The number of benzene rings is 2. The quantitative estimate of drug-likeness (QED) is 0.211. The van der Waals surface area contributed by atoms with Gasteiger partial charge in [0.15, 0.2) is 6.29 Å². The zero-order valence-electron chi connectivity index (χ0n) is 24.0. The van der Waals surface area contributed by atoms with E-state index in [9.17, 15) is 15.3 Å². The van der Waals surface area contributed by atoms with Crippen LogP contribution in [0.15, 0.2) is 70.9 Å². The third-order valence-corrected chi connectivity index (χ3v) is 7.55. The molecule has 0 aromatic heterocycles. The Bertz CT molecular complexity index is 1070. The van der Waals surface area contributed by atoms with E-state index >= 15 is 0 Å². The normalized spacial score (nSPS) is 32.4. The molecule has 2 aromatic rings. The molecule has 2 heterocycles. The second kappa shape index (κ2) is 17.0. The molecule has 13 nitrogen and oxygen atoms in total. The van der Waals surface area contributed by atoms with Gasteiger partial charge >= 0.3 is 0 Å². The van der Waals surface area contributed by atoms with Gasteiger partial charge in [0.05, 0.1) is 62.9 Å². The number of rotatable bonds is 10. The van der Waals surface area contributed by atoms with Crippen LogP contribution < -0.4 is 0 Å². The highest BCUT2D eigenvalue weighted by Crippen LogP contribution is 2.29. The van der Waals surface area contributed by atoms with Gasteiger partial charge < -0.3 is 34.3 Å². The third kappa shape index (κ3) is 9.40. The predicted molar refractivity (Wildman–Crippen MR) is 154 cm³/mol. The van der Waals surface area contributed by atoms with Gasteiger partial charge in [-0.3, -0.25) is 0 Å². The van der Waals surface area contributed by atoms with E-state index in [0.717, 1.165) is 11.1 Å². The maximum Gasteiger partial charge on any atom is 0.181 e. The van der Waals surface area contributed by atoms with Crippen LogP contribution in [0.1, 0.15) is 31.9 Å². The van der Waals surface area contributed by atoms with Crippen molar-refractivity contribution in [2.24, 2.45) is 22.1 Å². The van der Waals surface area contributed by atoms with Crippen molar-refractivity contribution in [3.63, 3.8) is 0 Å². The Morgan fingerprint density at radius 1 is 0.690 bits per heavy atom. The third-order valence-electron chi connectivity index (χ3n) is 7.55. The largest absolute Gasteiger partial charge is 0.390 e. The molecular formula is C29H40N6O7. The second-order valence-corrected chi connectivity index (χ2v) is 10.5. The molecule has 13 heteroatoms. The van der Waals surface area contributed by atoms with Gasteiger partial charge in [-0.1, -0.05) is 84.7 Å². The fraction of sp³-hybridized carbons (Fsp3) is 0.586. The first kappa shape index (κ1) is 33.3. The molecule has 0 radical (unpaired) electrons. The molecule has 2 aliphatic heterocycles. The summed E-state index contributed by atoms with van der Waals surface area (Å²) in [4.78, 5) is 5.65. The summed E-state index contributed by atoms with van der Waals surface area (Å²) in [6, 6.07) is 18.5. The van der Waals surface area contributed by atoms with Crippen molar-refractivity contribution >= 4 is 0 Å². The molecule has 10 atom stereocenters. The van der Waals surface area contributed by atoms with Crippen LogP contribution in [0.3, 0.4) is 0 Å². The van der Waals surface area contributed by atoms with Crippen LogP contribution in [-0.4, -0.2) is 77.4 Å². The van der Waals surface area contributed by atoms with Crippen molar-refractivity contribution in [2.75, 3.05) is 13.2 Å². The van der Waals surface area contributed by atoms with E-state index < -0.39 is 42.6 Å². The summed E-state index contributed by atoms with van der Waals surface area (Å²) in [6.45, 7) is 6.78. The zero-order chi connectivity index (χ0) is 30.5. The number of hydrogen-bond acceptors (Lipinski definition) is 9. The maximum atomic E-state index is 10.0. The standard InChI is InChI=1S/C15H21N3O3.C14H19N3O4/c1-10-14(17-18-16)13(21-11(2)15(10)19)9-20-8-12-6-4-3-5-7-12;1-9-12(16-17-15)11(21-14(19)13(9)18)8-20-7-10-5-3-2-4-6-10/h3-7,10-11,13-15,19H,8-9H2,1-2H3;2-6,9,11-14,18-19H,7-8H2,1H3/t10?,11-,13?,14+,15?;9?,11?,12-,13?,14-/m01/s1. The lowest BCUT2D eigenvalue weighted by atomic mass is 9.86. The summed E-state index contributed by atoms with van der Waals surface area (Å²) < 4.78 is 22.3. The SMILES string of the molecule is CC1C(O)[C@H](C)OC(COCc2ccccc2)[C@@H]1N=[N+]=[N-].CC1C(O)[C@H](O)OC(COCc2ccccc2)[C@@H]1N=[N+]=[N-]. The molecule has 0 aliphatic carbocycles. The van der Waals surface area contributed by atoms with Gasteiger partial charge in [-0.15, -0.1) is 0 Å². The molecule has 2 aliphatic rings. The molecule has 3 N–H and O–H groups in total. The molecule has 228 valence electrons. The number of aliphatic hydroxyl groups excluding tert-OH is 3. The first-order valence-electron chi connectivity index (χ1n) is 13.9. The van der Waals surface area contributed by atoms with Crippen molar-refractivity contribution in [2.45, 2.75) is 82.9 Å². The second-order valence-electron chi connectivity index (χ2n) is 10.5. The van der Waals surface area contributed by atoms with E-state index in [4.69, 9.17) is 30.0 Å². The van der Waals surface area contributed by atoms with Crippen LogP contribution in [0, 0.1) is 11.8 Å². The molecule has 0 spiro atoms. The molecule has 0 saturated carbocycles. The maximum absolute atomic E-state index is 10.0. The Hall–Kier alpha value is -3.22. The lowest BCUT2D eigenvalue weighted by Crippen LogP contribution is -2.53. The van der Waals surface area contributed by atoms with E-state index in [1.807, 2.05) is 74.5 Å². The Kier molecular flexibility index (Phi) is 13.5. The molecule has 2 saturated heterocycles. The lowest BCUT2D eigenvalue weighted by molar-refractivity contribution is -0.246. The summed E-state index contributed by atoms with van der Waals surface area (Å²) in [5, 5.41) is 36.9. The smallest absolute Gasteiger partial charge is 0.181 e. The van der Waals surface area contributed by atoms with Crippen LogP contribution in [0.5, 0.6) is 0 Å². The highest BCUT2D eigenvalue weighted by Gasteiger charge is 2.42. The average Bonchev–Trinajstić information content (AvgIpc) is 3.00. The number of azide groups is 2.